The molecule has 0 aliphatic carbocycles. The first-order valence-corrected chi connectivity index (χ1v) is 10.8. The highest BCUT2D eigenvalue weighted by Gasteiger charge is 2.28. The molecule has 0 fully saturated rings. The third-order valence-electron chi connectivity index (χ3n) is 3.76. The highest BCUT2D eigenvalue weighted by atomic mass is 127. The molecular weight excluding hydrogens is 469 g/mol. The van der Waals surface area contributed by atoms with Crippen LogP contribution in [0.2, 0.25) is 0 Å². The van der Waals surface area contributed by atoms with Crippen molar-refractivity contribution < 1.29 is 8.42 Å². The molecule has 0 aliphatic heterocycles. The van der Waals surface area contributed by atoms with Crippen molar-refractivity contribution in [3.05, 3.63) is 22.4 Å². The second-order valence-corrected chi connectivity index (χ2v) is 11.2. The lowest BCUT2D eigenvalue weighted by molar-refractivity contribution is 0.547. The third kappa shape index (κ3) is 7.82. The van der Waals surface area contributed by atoms with Gasteiger partial charge in [-0.2, -0.15) is 0 Å². The molecule has 1 aromatic heterocycles. The van der Waals surface area contributed by atoms with Crippen molar-refractivity contribution in [3.8, 4) is 0 Å². The maximum absolute atomic E-state index is 12.2. The number of nitrogens with one attached hydrogen (secondary N) is 2. The third-order valence-corrected chi connectivity index (χ3v) is 7.60. The Labute approximate surface area is 174 Å². The Hall–Kier alpha value is -0.350. The van der Waals surface area contributed by atoms with E-state index in [4.69, 9.17) is 0 Å². The fraction of sp³-hybridized carbons (Fsp3) is 0.706. The lowest BCUT2D eigenvalue weighted by atomic mass is 9.92. The van der Waals surface area contributed by atoms with Crippen molar-refractivity contribution in [2.45, 2.75) is 51.7 Å². The molecular formula is C17H32IN3O2S2. The zero-order valence-electron chi connectivity index (χ0n) is 16.0. The highest BCUT2D eigenvalue weighted by Crippen LogP contribution is 2.27. The van der Waals surface area contributed by atoms with Gasteiger partial charge in [-0.3, -0.25) is 4.99 Å². The Morgan fingerprint density at radius 1 is 1.20 bits per heavy atom. The first-order chi connectivity index (χ1) is 11.0. The molecule has 0 spiro atoms. The highest BCUT2D eigenvalue weighted by molar-refractivity contribution is 14.0. The van der Waals surface area contributed by atoms with Gasteiger partial charge in [0.1, 0.15) is 0 Å². The molecule has 0 bridgehead atoms. The standard InChI is InChI=1S/C17H31N3O2S2.HI/c1-7-18-15(19-10-12-24(21,22)16(2,3)4)20-13-17(5,6)14-9-8-11-23-14;/h8-9,11H,7,10,12-13H2,1-6H3,(H2,18,19,20);1H. The van der Waals surface area contributed by atoms with E-state index in [0.29, 0.717) is 19.0 Å². The fourth-order valence-corrected chi connectivity index (χ4v) is 3.80. The van der Waals surface area contributed by atoms with Crippen LogP contribution < -0.4 is 10.6 Å². The van der Waals surface area contributed by atoms with E-state index in [0.717, 1.165) is 6.54 Å². The van der Waals surface area contributed by atoms with Gasteiger partial charge >= 0.3 is 0 Å². The summed E-state index contributed by atoms with van der Waals surface area (Å²) in [6.07, 6.45) is 0. The van der Waals surface area contributed by atoms with E-state index in [1.807, 2.05) is 13.0 Å². The Kier molecular flexibility index (Phi) is 9.96. The normalized spacial score (nSPS) is 13.3. The molecule has 0 aromatic carbocycles. The van der Waals surface area contributed by atoms with E-state index in [-0.39, 0.29) is 35.1 Å². The first kappa shape index (κ1) is 24.7. The summed E-state index contributed by atoms with van der Waals surface area (Å²) in [5.74, 6) is 0.751. The van der Waals surface area contributed by atoms with E-state index >= 15 is 0 Å². The largest absolute Gasteiger partial charge is 0.357 e. The Bertz CT molecular complexity index is 633. The summed E-state index contributed by atoms with van der Waals surface area (Å²) in [7, 11) is -3.13. The van der Waals surface area contributed by atoms with Gasteiger partial charge < -0.3 is 10.6 Å². The lowest BCUT2D eigenvalue weighted by Gasteiger charge is -2.22. The molecule has 0 radical (unpaired) electrons. The summed E-state index contributed by atoms with van der Waals surface area (Å²) in [4.78, 5) is 5.92. The number of guanidine groups is 1. The van der Waals surface area contributed by atoms with Crippen LogP contribution >= 0.6 is 35.3 Å². The number of aliphatic imine (C=N–C) groups is 1. The Morgan fingerprint density at radius 2 is 1.84 bits per heavy atom. The summed E-state index contributed by atoms with van der Waals surface area (Å²) in [6.45, 7) is 13.2. The number of hydrogen-bond donors (Lipinski definition) is 2. The van der Waals surface area contributed by atoms with Crippen LogP contribution in [0, 0.1) is 0 Å². The summed E-state index contributed by atoms with van der Waals surface area (Å²) >= 11 is 1.73. The number of nitrogens with zero attached hydrogens (tertiary/aromatic N) is 1. The first-order valence-electron chi connectivity index (χ1n) is 8.28. The van der Waals surface area contributed by atoms with Gasteiger partial charge in [0.2, 0.25) is 0 Å². The van der Waals surface area contributed by atoms with Crippen molar-refractivity contribution in [3.63, 3.8) is 0 Å². The predicted molar refractivity (Wildman–Crippen MR) is 120 cm³/mol. The molecule has 0 saturated carbocycles. The molecule has 0 unspecified atom stereocenters. The lowest BCUT2D eigenvalue weighted by Crippen LogP contribution is -2.42. The molecule has 1 rings (SSSR count). The van der Waals surface area contributed by atoms with Crippen LogP contribution in [-0.2, 0) is 15.3 Å². The molecule has 8 heteroatoms. The molecule has 5 nitrogen and oxygen atoms in total. The van der Waals surface area contributed by atoms with Gasteiger partial charge in [0, 0.05) is 23.4 Å². The number of sulfone groups is 1. The van der Waals surface area contributed by atoms with E-state index < -0.39 is 14.6 Å². The van der Waals surface area contributed by atoms with Crippen LogP contribution in [0.4, 0.5) is 0 Å². The maximum Gasteiger partial charge on any atom is 0.191 e. The van der Waals surface area contributed by atoms with Crippen molar-refractivity contribution in [2.75, 3.05) is 25.4 Å². The molecule has 0 aliphatic rings. The smallest absolute Gasteiger partial charge is 0.191 e. The van der Waals surface area contributed by atoms with E-state index in [1.54, 1.807) is 32.1 Å². The van der Waals surface area contributed by atoms with Gasteiger partial charge in [0.05, 0.1) is 17.0 Å². The second-order valence-electron chi connectivity index (χ2n) is 7.41. The minimum absolute atomic E-state index is 0. The van der Waals surface area contributed by atoms with Crippen LogP contribution in [0.25, 0.3) is 0 Å². The van der Waals surface area contributed by atoms with Gasteiger partial charge in [-0.15, -0.1) is 35.3 Å². The quantitative estimate of drug-likeness (QED) is 0.341. The fourth-order valence-electron chi connectivity index (χ4n) is 1.97. The van der Waals surface area contributed by atoms with Crippen LogP contribution in [0.3, 0.4) is 0 Å². The van der Waals surface area contributed by atoms with Crippen molar-refractivity contribution >= 4 is 51.1 Å². The molecule has 2 N–H and O–H groups in total. The Balaban J connectivity index is 0.00000576. The number of thiophene rings is 1. The monoisotopic (exact) mass is 501 g/mol. The molecule has 0 amide bonds. The summed E-state index contributed by atoms with van der Waals surface area (Å²) < 4.78 is 23.6. The average molecular weight is 502 g/mol. The number of halogens is 1. The molecule has 1 heterocycles. The summed E-state index contributed by atoms with van der Waals surface area (Å²) in [5, 5.41) is 8.37. The zero-order valence-corrected chi connectivity index (χ0v) is 20.0. The zero-order chi connectivity index (χ0) is 18.4. The van der Waals surface area contributed by atoms with Crippen LogP contribution in [0.5, 0.6) is 0 Å². The molecule has 1 aromatic rings. The van der Waals surface area contributed by atoms with Gasteiger partial charge in [-0.05, 0) is 39.1 Å². The molecule has 25 heavy (non-hydrogen) atoms. The molecule has 146 valence electrons. The van der Waals surface area contributed by atoms with E-state index in [2.05, 4.69) is 40.9 Å². The van der Waals surface area contributed by atoms with Gasteiger partial charge in [0.25, 0.3) is 0 Å². The topological polar surface area (TPSA) is 70.6 Å². The second kappa shape index (κ2) is 10.1. The SMILES string of the molecule is CCNC(=NCC(C)(C)c1cccs1)NCCS(=O)(=O)C(C)(C)C.I. The Morgan fingerprint density at radius 3 is 2.32 bits per heavy atom. The van der Waals surface area contributed by atoms with Crippen LogP contribution in [0.1, 0.15) is 46.4 Å². The minimum Gasteiger partial charge on any atom is -0.357 e. The summed E-state index contributed by atoms with van der Waals surface area (Å²) in [5.41, 5.74) is -0.0476. The maximum atomic E-state index is 12.2. The van der Waals surface area contributed by atoms with E-state index in [9.17, 15) is 8.42 Å². The predicted octanol–water partition coefficient (Wildman–Crippen LogP) is 3.41. The average Bonchev–Trinajstić information content (AvgIpc) is 2.98. The van der Waals surface area contributed by atoms with Crippen molar-refractivity contribution in [1.82, 2.24) is 10.6 Å². The van der Waals surface area contributed by atoms with Crippen LogP contribution in [0.15, 0.2) is 22.5 Å². The van der Waals surface area contributed by atoms with Crippen molar-refractivity contribution in [2.24, 2.45) is 4.99 Å². The number of hydrogen-bond acceptors (Lipinski definition) is 4. The van der Waals surface area contributed by atoms with Gasteiger partial charge in [-0.25, -0.2) is 8.42 Å². The molecule has 0 saturated heterocycles. The van der Waals surface area contributed by atoms with Gasteiger partial charge in [0.15, 0.2) is 15.8 Å². The van der Waals surface area contributed by atoms with Gasteiger partial charge in [-0.1, -0.05) is 19.9 Å². The van der Waals surface area contributed by atoms with Crippen molar-refractivity contribution in [1.29, 1.82) is 0 Å². The molecule has 0 atom stereocenters. The van der Waals surface area contributed by atoms with E-state index in [1.165, 1.54) is 4.88 Å². The number of rotatable bonds is 7. The minimum atomic E-state index is -3.13. The van der Waals surface area contributed by atoms with Crippen LogP contribution in [-0.4, -0.2) is 44.5 Å². The summed E-state index contributed by atoms with van der Waals surface area (Å²) in [6, 6.07) is 4.17.